The largest absolute Gasteiger partial charge is 0.478 e. The summed E-state index contributed by atoms with van der Waals surface area (Å²) in [6.45, 7) is 1.50. The molecule has 2 aromatic carbocycles. The maximum atomic E-state index is 11.4. The van der Waals surface area contributed by atoms with Gasteiger partial charge in [0.25, 0.3) is 0 Å². The summed E-state index contributed by atoms with van der Waals surface area (Å²) < 4.78 is 0. The standard InChI is InChI=1S/C13H10O3/c1-8(14)11-4-2-3-9-7-10(13(15)16)5-6-12(9)11/h2-7H,1H3,(H,15,16). The molecule has 80 valence electrons. The molecule has 0 aliphatic heterocycles. The number of rotatable bonds is 2. The second-order valence-electron chi connectivity index (χ2n) is 3.60. The SMILES string of the molecule is CC(=O)c1cccc2cc(C(=O)O)ccc12. The molecule has 1 N–H and O–H groups in total. The molecule has 0 atom stereocenters. The highest BCUT2D eigenvalue weighted by molar-refractivity contribution is 6.08. The van der Waals surface area contributed by atoms with Crippen molar-refractivity contribution in [2.75, 3.05) is 0 Å². The highest BCUT2D eigenvalue weighted by Gasteiger charge is 2.08. The molecule has 0 saturated heterocycles. The van der Waals surface area contributed by atoms with E-state index < -0.39 is 5.97 Å². The number of hydrogen-bond donors (Lipinski definition) is 1. The molecular formula is C13H10O3. The van der Waals surface area contributed by atoms with Crippen molar-refractivity contribution in [3.8, 4) is 0 Å². The number of carboxylic acids is 1. The van der Waals surface area contributed by atoms with Crippen molar-refractivity contribution in [1.29, 1.82) is 0 Å². The molecule has 16 heavy (non-hydrogen) atoms. The summed E-state index contributed by atoms with van der Waals surface area (Å²) in [7, 11) is 0. The smallest absolute Gasteiger partial charge is 0.335 e. The van der Waals surface area contributed by atoms with Crippen LogP contribution in [0.25, 0.3) is 10.8 Å². The average Bonchev–Trinajstić information content (AvgIpc) is 2.27. The third kappa shape index (κ3) is 1.67. The Labute approximate surface area is 92.3 Å². The molecule has 0 saturated carbocycles. The van der Waals surface area contributed by atoms with E-state index in [9.17, 15) is 9.59 Å². The normalized spacial score (nSPS) is 10.3. The van der Waals surface area contributed by atoms with Gasteiger partial charge in [-0.3, -0.25) is 4.79 Å². The van der Waals surface area contributed by atoms with Crippen molar-refractivity contribution in [3.63, 3.8) is 0 Å². The van der Waals surface area contributed by atoms with Gasteiger partial charge in [-0.2, -0.15) is 0 Å². The lowest BCUT2D eigenvalue weighted by Crippen LogP contribution is -1.97. The van der Waals surface area contributed by atoms with Crippen molar-refractivity contribution in [2.24, 2.45) is 0 Å². The maximum absolute atomic E-state index is 11.4. The van der Waals surface area contributed by atoms with E-state index in [1.807, 2.05) is 0 Å². The fourth-order valence-electron chi connectivity index (χ4n) is 1.72. The van der Waals surface area contributed by atoms with E-state index in [-0.39, 0.29) is 11.3 Å². The Hall–Kier alpha value is -2.16. The number of aromatic carboxylic acids is 1. The van der Waals surface area contributed by atoms with E-state index in [1.54, 1.807) is 30.3 Å². The predicted molar refractivity (Wildman–Crippen MR) is 60.9 cm³/mol. The lowest BCUT2D eigenvalue weighted by molar-refractivity contribution is 0.0697. The predicted octanol–water partition coefficient (Wildman–Crippen LogP) is 2.74. The third-order valence-electron chi connectivity index (χ3n) is 2.51. The molecule has 0 aliphatic carbocycles. The van der Waals surface area contributed by atoms with Gasteiger partial charge in [-0.1, -0.05) is 24.3 Å². The molecule has 3 nitrogen and oxygen atoms in total. The van der Waals surface area contributed by atoms with Crippen molar-refractivity contribution in [1.82, 2.24) is 0 Å². The van der Waals surface area contributed by atoms with Crippen molar-refractivity contribution in [2.45, 2.75) is 6.92 Å². The van der Waals surface area contributed by atoms with Crippen LogP contribution >= 0.6 is 0 Å². The van der Waals surface area contributed by atoms with Gasteiger partial charge < -0.3 is 5.11 Å². The van der Waals surface area contributed by atoms with Crippen LogP contribution in [0, 0.1) is 0 Å². The van der Waals surface area contributed by atoms with Crippen LogP contribution in [0.3, 0.4) is 0 Å². The average molecular weight is 214 g/mol. The fourth-order valence-corrected chi connectivity index (χ4v) is 1.72. The van der Waals surface area contributed by atoms with Gasteiger partial charge >= 0.3 is 5.97 Å². The number of benzene rings is 2. The molecule has 0 fully saturated rings. The quantitative estimate of drug-likeness (QED) is 0.782. The van der Waals surface area contributed by atoms with Gasteiger partial charge in [0.2, 0.25) is 0 Å². The van der Waals surface area contributed by atoms with E-state index in [4.69, 9.17) is 5.11 Å². The molecular weight excluding hydrogens is 204 g/mol. The Balaban J connectivity index is 2.73. The Morgan fingerprint density at radius 3 is 2.50 bits per heavy atom. The topological polar surface area (TPSA) is 54.4 Å². The summed E-state index contributed by atoms with van der Waals surface area (Å²) in [5, 5.41) is 10.4. The van der Waals surface area contributed by atoms with Gasteiger partial charge in [-0.25, -0.2) is 4.79 Å². The van der Waals surface area contributed by atoms with Crippen LogP contribution in [-0.4, -0.2) is 16.9 Å². The maximum Gasteiger partial charge on any atom is 0.335 e. The molecule has 0 unspecified atom stereocenters. The lowest BCUT2D eigenvalue weighted by Gasteiger charge is -2.04. The molecule has 2 aromatic rings. The molecule has 0 radical (unpaired) electrons. The van der Waals surface area contributed by atoms with Crippen LogP contribution in [0.2, 0.25) is 0 Å². The highest BCUT2D eigenvalue weighted by Crippen LogP contribution is 2.20. The minimum absolute atomic E-state index is 0.0197. The van der Waals surface area contributed by atoms with Gasteiger partial charge in [-0.05, 0) is 29.8 Å². The summed E-state index contributed by atoms with van der Waals surface area (Å²) in [4.78, 5) is 22.2. The first kappa shape index (κ1) is 10.4. The third-order valence-corrected chi connectivity index (χ3v) is 2.51. The Morgan fingerprint density at radius 1 is 1.12 bits per heavy atom. The van der Waals surface area contributed by atoms with Crippen LogP contribution in [0.1, 0.15) is 27.6 Å². The number of hydrogen-bond acceptors (Lipinski definition) is 2. The van der Waals surface area contributed by atoms with Crippen LogP contribution < -0.4 is 0 Å². The van der Waals surface area contributed by atoms with E-state index >= 15 is 0 Å². The summed E-state index contributed by atoms with van der Waals surface area (Å²) in [6.07, 6.45) is 0. The first-order valence-electron chi connectivity index (χ1n) is 4.86. The molecule has 3 heteroatoms. The van der Waals surface area contributed by atoms with Crippen molar-refractivity contribution < 1.29 is 14.7 Å². The van der Waals surface area contributed by atoms with Crippen LogP contribution in [-0.2, 0) is 0 Å². The Morgan fingerprint density at radius 2 is 1.88 bits per heavy atom. The number of fused-ring (bicyclic) bond motifs is 1. The number of carboxylic acid groups (broad SMARTS) is 1. The van der Waals surface area contributed by atoms with Gasteiger partial charge in [0.1, 0.15) is 0 Å². The minimum atomic E-state index is -0.963. The zero-order valence-electron chi connectivity index (χ0n) is 8.73. The Kier molecular flexibility index (Phi) is 2.44. The van der Waals surface area contributed by atoms with Crippen molar-refractivity contribution >= 4 is 22.5 Å². The van der Waals surface area contributed by atoms with Gasteiger partial charge in [0.05, 0.1) is 5.56 Å². The van der Waals surface area contributed by atoms with Crippen molar-refractivity contribution in [3.05, 3.63) is 47.5 Å². The molecule has 0 aromatic heterocycles. The number of ketones is 1. The summed E-state index contributed by atoms with van der Waals surface area (Å²) in [5.41, 5.74) is 0.850. The first-order valence-corrected chi connectivity index (χ1v) is 4.86. The minimum Gasteiger partial charge on any atom is -0.478 e. The van der Waals surface area contributed by atoms with E-state index in [0.717, 1.165) is 10.8 Å². The van der Waals surface area contributed by atoms with Gasteiger partial charge in [0, 0.05) is 5.56 Å². The number of Topliss-reactive ketones (excluding diaryl/α,β-unsaturated/α-hetero) is 1. The number of carbonyl (C=O) groups excluding carboxylic acids is 1. The molecule has 0 aliphatic rings. The Bertz CT molecular complexity index is 585. The van der Waals surface area contributed by atoms with E-state index in [2.05, 4.69) is 0 Å². The van der Waals surface area contributed by atoms with Gasteiger partial charge in [-0.15, -0.1) is 0 Å². The monoisotopic (exact) mass is 214 g/mol. The second-order valence-corrected chi connectivity index (χ2v) is 3.60. The van der Waals surface area contributed by atoms with Crippen LogP contribution in [0.4, 0.5) is 0 Å². The zero-order valence-corrected chi connectivity index (χ0v) is 8.73. The van der Waals surface area contributed by atoms with Crippen LogP contribution in [0.15, 0.2) is 36.4 Å². The molecule has 0 amide bonds. The summed E-state index contributed by atoms with van der Waals surface area (Å²) in [5.74, 6) is -0.983. The molecule has 0 spiro atoms. The highest BCUT2D eigenvalue weighted by atomic mass is 16.4. The fraction of sp³-hybridized carbons (Fsp3) is 0.0769. The van der Waals surface area contributed by atoms with Crippen LogP contribution in [0.5, 0.6) is 0 Å². The second kappa shape index (κ2) is 3.77. The zero-order chi connectivity index (χ0) is 11.7. The first-order chi connectivity index (χ1) is 7.59. The molecule has 0 heterocycles. The van der Waals surface area contributed by atoms with E-state index in [1.165, 1.54) is 13.0 Å². The molecule has 0 bridgehead atoms. The summed E-state index contributed by atoms with van der Waals surface area (Å²) >= 11 is 0. The molecule has 2 rings (SSSR count). The number of carbonyl (C=O) groups is 2. The van der Waals surface area contributed by atoms with E-state index in [0.29, 0.717) is 5.56 Å². The summed E-state index contributed by atoms with van der Waals surface area (Å²) in [6, 6.07) is 10.1. The lowest BCUT2D eigenvalue weighted by atomic mass is 10.0. The van der Waals surface area contributed by atoms with Gasteiger partial charge in [0.15, 0.2) is 5.78 Å².